The summed E-state index contributed by atoms with van der Waals surface area (Å²) >= 11 is 0. The Morgan fingerprint density at radius 3 is 2.29 bits per heavy atom. The first-order valence-corrected chi connectivity index (χ1v) is 9.00. The van der Waals surface area contributed by atoms with Crippen molar-refractivity contribution in [3.05, 3.63) is 65.7 Å². The van der Waals surface area contributed by atoms with Crippen LogP contribution < -0.4 is 10.5 Å². The van der Waals surface area contributed by atoms with E-state index in [1.54, 1.807) is 12.1 Å². The van der Waals surface area contributed by atoms with Crippen LogP contribution in [0.5, 0.6) is 0 Å². The smallest absolute Gasteiger partial charge is 0.246 e. The summed E-state index contributed by atoms with van der Waals surface area (Å²) < 4.78 is 27.7. The molecule has 2 aromatic rings. The van der Waals surface area contributed by atoms with Gasteiger partial charge in [0.2, 0.25) is 15.9 Å². The van der Waals surface area contributed by atoms with Crippen LogP contribution in [0.4, 0.5) is 0 Å². The lowest BCUT2D eigenvalue weighted by molar-refractivity contribution is -0.126. The summed E-state index contributed by atoms with van der Waals surface area (Å²) in [6, 6.07) is 15.9. The molecule has 7 heteroatoms. The van der Waals surface area contributed by atoms with Gasteiger partial charge in [-0.1, -0.05) is 42.5 Å². The van der Waals surface area contributed by atoms with Crippen LogP contribution in [0.15, 0.2) is 59.5 Å². The van der Waals surface area contributed by atoms with Gasteiger partial charge >= 0.3 is 0 Å². The molecular formula is C17H20N2O4S. The first kappa shape index (κ1) is 18.1. The van der Waals surface area contributed by atoms with E-state index in [0.717, 1.165) is 11.1 Å². The fraction of sp³-hybridized carbons (Fsp3) is 0.235. The van der Waals surface area contributed by atoms with Crippen LogP contribution in [0.2, 0.25) is 0 Å². The molecule has 0 aliphatic rings. The lowest BCUT2D eigenvalue weighted by Crippen LogP contribution is -2.29. The molecule has 0 heterocycles. The minimum absolute atomic E-state index is 0.000745. The molecule has 128 valence electrons. The van der Waals surface area contributed by atoms with E-state index < -0.39 is 10.0 Å². The summed E-state index contributed by atoms with van der Waals surface area (Å²) in [5.41, 5.74) is 1.92. The molecule has 6 nitrogen and oxygen atoms in total. The summed E-state index contributed by atoms with van der Waals surface area (Å²) in [6.45, 7) is 0.838. The van der Waals surface area contributed by atoms with Crippen LogP contribution in [-0.4, -0.2) is 27.5 Å². The molecule has 0 aliphatic carbocycles. The quantitative estimate of drug-likeness (QED) is 0.749. The molecule has 2 aromatic carbocycles. The fourth-order valence-electron chi connectivity index (χ4n) is 2.08. The van der Waals surface area contributed by atoms with Gasteiger partial charge in [0.25, 0.3) is 0 Å². The molecule has 0 atom stereocenters. The third-order valence-electron chi connectivity index (χ3n) is 3.33. The van der Waals surface area contributed by atoms with Crippen molar-refractivity contribution in [1.82, 2.24) is 5.32 Å². The zero-order valence-electron chi connectivity index (χ0n) is 13.1. The van der Waals surface area contributed by atoms with Crippen molar-refractivity contribution in [3.8, 4) is 0 Å². The molecule has 24 heavy (non-hydrogen) atoms. The van der Waals surface area contributed by atoms with E-state index in [1.807, 2.05) is 30.3 Å². The normalized spacial score (nSPS) is 11.2. The molecule has 0 aromatic heterocycles. The number of sulfonamides is 1. The van der Waals surface area contributed by atoms with Crippen LogP contribution >= 0.6 is 0 Å². The predicted molar refractivity (Wildman–Crippen MR) is 90.6 cm³/mol. The molecule has 3 N–H and O–H groups in total. The van der Waals surface area contributed by atoms with E-state index in [0.29, 0.717) is 19.6 Å². The molecule has 0 saturated carbocycles. The Bertz CT molecular complexity index is 759. The van der Waals surface area contributed by atoms with Gasteiger partial charge in [0.15, 0.2) is 0 Å². The maximum Gasteiger partial charge on any atom is 0.246 e. The number of benzene rings is 2. The number of carbonyl (C=O) groups excluding carboxylic acids is 1. The summed E-state index contributed by atoms with van der Waals surface area (Å²) in [6.07, 6.45) is 0.593. The van der Waals surface area contributed by atoms with E-state index >= 15 is 0 Å². The predicted octanol–water partition coefficient (Wildman–Crippen LogP) is 1.21. The summed E-state index contributed by atoms with van der Waals surface area (Å²) in [5.74, 6) is -0.188. The van der Waals surface area contributed by atoms with Gasteiger partial charge in [-0.25, -0.2) is 13.6 Å². The largest absolute Gasteiger partial charge is 0.367 e. The van der Waals surface area contributed by atoms with Gasteiger partial charge in [0, 0.05) is 6.54 Å². The number of nitrogens with two attached hydrogens (primary N) is 1. The minimum Gasteiger partial charge on any atom is -0.367 e. The first-order valence-electron chi connectivity index (χ1n) is 7.45. The van der Waals surface area contributed by atoms with E-state index in [9.17, 15) is 13.2 Å². The number of nitrogens with one attached hydrogen (secondary N) is 1. The molecule has 1 amide bonds. The average Bonchev–Trinajstić information content (AvgIpc) is 2.55. The van der Waals surface area contributed by atoms with Crippen LogP contribution in [0.25, 0.3) is 0 Å². The number of carbonyl (C=O) groups is 1. The van der Waals surface area contributed by atoms with Crippen LogP contribution in [0.1, 0.15) is 11.1 Å². The standard InChI is InChI=1S/C17H20N2O4S/c18-24(21,22)16-8-6-14(7-9-16)10-11-19-17(20)13-23-12-15-4-2-1-3-5-15/h1-9H,10-13H2,(H,19,20)(H2,18,21,22). The van der Waals surface area contributed by atoms with Gasteiger partial charge < -0.3 is 10.1 Å². The molecule has 0 saturated heterocycles. The molecule has 0 fully saturated rings. The summed E-state index contributed by atoms with van der Waals surface area (Å²) in [4.78, 5) is 11.8. The second kappa shape index (κ2) is 8.58. The molecule has 0 unspecified atom stereocenters. The highest BCUT2D eigenvalue weighted by atomic mass is 32.2. The van der Waals surface area contributed by atoms with Gasteiger partial charge in [0.1, 0.15) is 6.61 Å². The number of rotatable bonds is 8. The molecule has 0 spiro atoms. The van der Waals surface area contributed by atoms with Gasteiger partial charge in [-0.15, -0.1) is 0 Å². The number of hydrogen-bond acceptors (Lipinski definition) is 4. The van der Waals surface area contributed by atoms with Crippen molar-refractivity contribution in [3.63, 3.8) is 0 Å². The lowest BCUT2D eigenvalue weighted by Gasteiger charge is -2.07. The lowest BCUT2D eigenvalue weighted by atomic mass is 10.1. The van der Waals surface area contributed by atoms with Crippen molar-refractivity contribution in [2.45, 2.75) is 17.9 Å². The highest BCUT2D eigenvalue weighted by Gasteiger charge is 2.07. The molecule has 0 aliphatic heterocycles. The van der Waals surface area contributed by atoms with Crippen LogP contribution in [0, 0.1) is 0 Å². The Morgan fingerprint density at radius 2 is 1.67 bits per heavy atom. The molecular weight excluding hydrogens is 328 g/mol. The Balaban J connectivity index is 1.67. The number of ether oxygens (including phenoxy) is 1. The Kier molecular flexibility index (Phi) is 6.48. The van der Waals surface area contributed by atoms with Crippen molar-refractivity contribution in [2.75, 3.05) is 13.2 Å². The second-order valence-corrected chi connectivity index (χ2v) is 6.83. The van der Waals surface area contributed by atoms with Crippen LogP contribution in [0.3, 0.4) is 0 Å². The third kappa shape index (κ3) is 6.11. The summed E-state index contributed by atoms with van der Waals surface area (Å²) in [7, 11) is -3.67. The van der Waals surface area contributed by atoms with E-state index in [2.05, 4.69) is 5.32 Å². The van der Waals surface area contributed by atoms with Crippen molar-refractivity contribution in [1.29, 1.82) is 0 Å². The molecule has 2 rings (SSSR count). The van der Waals surface area contributed by atoms with Gasteiger partial charge in [-0.05, 0) is 29.7 Å². The fourth-order valence-corrected chi connectivity index (χ4v) is 2.59. The monoisotopic (exact) mass is 348 g/mol. The molecule has 0 radical (unpaired) electrons. The topological polar surface area (TPSA) is 98.5 Å². The SMILES string of the molecule is NS(=O)(=O)c1ccc(CCNC(=O)COCc2ccccc2)cc1. The number of primary sulfonamides is 1. The Morgan fingerprint density at radius 1 is 1.00 bits per heavy atom. The van der Waals surface area contributed by atoms with Crippen molar-refractivity contribution >= 4 is 15.9 Å². The third-order valence-corrected chi connectivity index (χ3v) is 4.26. The second-order valence-electron chi connectivity index (χ2n) is 5.27. The van der Waals surface area contributed by atoms with Crippen LogP contribution in [-0.2, 0) is 32.6 Å². The minimum atomic E-state index is -3.67. The maximum absolute atomic E-state index is 11.7. The number of amides is 1. The van der Waals surface area contributed by atoms with E-state index in [1.165, 1.54) is 12.1 Å². The highest BCUT2D eigenvalue weighted by molar-refractivity contribution is 7.89. The maximum atomic E-state index is 11.7. The highest BCUT2D eigenvalue weighted by Crippen LogP contribution is 2.08. The Labute approximate surface area is 141 Å². The zero-order chi connectivity index (χ0) is 17.4. The van der Waals surface area contributed by atoms with Crippen molar-refractivity contribution in [2.24, 2.45) is 5.14 Å². The Hall–Kier alpha value is -2.22. The van der Waals surface area contributed by atoms with Gasteiger partial charge in [-0.2, -0.15) is 0 Å². The average molecular weight is 348 g/mol. The van der Waals surface area contributed by atoms with E-state index in [4.69, 9.17) is 9.88 Å². The number of hydrogen-bond donors (Lipinski definition) is 2. The molecule has 0 bridgehead atoms. The van der Waals surface area contributed by atoms with Crippen molar-refractivity contribution < 1.29 is 17.9 Å². The van der Waals surface area contributed by atoms with Gasteiger partial charge in [-0.3, -0.25) is 4.79 Å². The first-order chi connectivity index (χ1) is 11.4. The zero-order valence-corrected chi connectivity index (χ0v) is 14.0. The van der Waals surface area contributed by atoms with E-state index in [-0.39, 0.29) is 17.4 Å². The van der Waals surface area contributed by atoms with Gasteiger partial charge in [0.05, 0.1) is 11.5 Å². The summed E-state index contributed by atoms with van der Waals surface area (Å²) in [5, 5.41) is 7.79.